The number of hydrogen-bond donors (Lipinski definition) is 3. The number of anilines is 1. The van der Waals surface area contributed by atoms with Crippen LogP contribution in [0.2, 0.25) is 5.02 Å². The Morgan fingerprint density at radius 3 is 2.63 bits per heavy atom. The molecule has 1 fully saturated rings. The van der Waals surface area contributed by atoms with Crippen molar-refractivity contribution in [1.29, 1.82) is 0 Å². The van der Waals surface area contributed by atoms with Crippen molar-refractivity contribution in [2.45, 2.75) is 52.7 Å². The molecule has 0 aliphatic carbocycles. The van der Waals surface area contributed by atoms with Crippen LogP contribution in [0.3, 0.4) is 0 Å². The summed E-state index contributed by atoms with van der Waals surface area (Å²) < 4.78 is 23.0. The number of hydroxylamine groups is 2. The first-order chi connectivity index (χ1) is 17.9. The van der Waals surface area contributed by atoms with Crippen molar-refractivity contribution >= 4 is 34.4 Å². The Kier molecular flexibility index (Phi) is 7.80. The Morgan fingerprint density at radius 2 is 2.03 bits per heavy atom. The minimum Gasteiger partial charge on any atom is -0.493 e. The lowest BCUT2D eigenvalue weighted by molar-refractivity contribution is -0.221. The number of carbonyl (C=O) groups excluding carboxylic acids is 1. The van der Waals surface area contributed by atoms with Crippen LogP contribution >= 0.6 is 11.6 Å². The van der Waals surface area contributed by atoms with Gasteiger partial charge < -0.3 is 25.5 Å². The number of aliphatic hydroxyl groups is 2. The van der Waals surface area contributed by atoms with Crippen LogP contribution in [-0.4, -0.2) is 67.3 Å². The molecule has 2 unspecified atom stereocenters. The predicted molar refractivity (Wildman–Crippen MR) is 138 cm³/mol. The van der Waals surface area contributed by atoms with E-state index in [0.717, 1.165) is 0 Å². The molecule has 1 aliphatic rings. The van der Waals surface area contributed by atoms with Crippen LogP contribution in [0.15, 0.2) is 12.4 Å². The average molecular weight is 551 g/mol. The van der Waals surface area contributed by atoms with Crippen molar-refractivity contribution in [2.75, 3.05) is 32.0 Å². The molecule has 0 radical (unpaired) electrons. The van der Waals surface area contributed by atoms with E-state index >= 15 is 4.39 Å². The topological polar surface area (TPSA) is 149 Å². The zero-order valence-electron chi connectivity index (χ0n) is 21.9. The molecule has 1 saturated heterocycles. The molecule has 3 heterocycles. The molecule has 2 aromatic heterocycles. The number of aliphatic hydroxyl groups excluding tert-OH is 2. The van der Waals surface area contributed by atoms with Crippen LogP contribution in [0.1, 0.15) is 69.5 Å². The molecule has 1 aromatic carbocycles. The first-order valence-corrected chi connectivity index (χ1v) is 12.7. The number of benzene rings is 1. The van der Waals surface area contributed by atoms with E-state index in [1.165, 1.54) is 22.1 Å². The van der Waals surface area contributed by atoms with Gasteiger partial charge in [0, 0.05) is 30.1 Å². The van der Waals surface area contributed by atoms with E-state index < -0.39 is 30.0 Å². The summed E-state index contributed by atoms with van der Waals surface area (Å²) in [7, 11) is 0. The third-order valence-electron chi connectivity index (χ3n) is 6.46. The van der Waals surface area contributed by atoms with Gasteiger partial charge in [-0.3, -0.25) is 0 Å². The fourth-order valence-electron chi connectivity index (χ4n) is 4.32. The standard InChI is InChI=1S/C25H32ClFN6O5/c1-6-37-21-14(12(2)33-23-18(22(28)29-11-30-23)20(31-33)16(35)10-34)7-15(26)19(27)17(21)13-8-32(9-13)38-24(36)25(3,4)5/h7,11-13,16,34-35H,6,8-10H2,1-5H3,(H2,28,29,30). The van der Waals surface area contributed by atoms with Gasteiger partial charge in [0.2, 0.25) is 0 Å². The van der Waals surface area contributed by atoms with E-state index in [1.54, 1.807) is 34.6 Å². The summed E-state index contributed by atoms with van der Waals surface area (Å²) in [6.07, 6.45) is -0.0406. The third kappa shape index (κ3) is 5.00. The van der Waals surface area contributed by atoms with Gasteiger partial charge in [-0.15, -0.1) is 5.06 Å². The molecule has 38 heavy (non-hydrogen) atoms. The predicted octanol–water partition coefficient (Wildman–Crippen LogP) is 3.14. The van der Waals surface area contributed by atoms with Crippen LogP contribution in [0.25, 0.3) is 11.0 Å². The minimum absolute atomic E-state index is 0.0955. The second kappa shape index (κ2) is 10.6. The molecule has 11 nitrogen and oxygen atoms in total. The van der Waals surface area contributed by atoms with Crippen molar-refractivity contribution in [1.82, 2.24) is 24.8 Å². The molecular weight excluding hydrogens is 519 g/mol. The number of nitrogens with two attached hydrogens (primary N) is 1. The Morgan fingerprint density at radius 1 is 1.34 bits per heavy atom. The number of nitrogen functional groups attached to an aromatic ring is 1. The van der Waals surface area contributed by atoms with Crippen LogP contribution in [0, 0.1) is 11.2 Å². The van der Waals surface area contributed by atoms with Crippen molar-refractivity contribution in [3.63, 3.8) is 0 Å². The molecule has 0 amide bonds. The molecule has 0 saturated carbocycles. The van der Waals surface area contributed by atoms with E-state index in [4.69, 9.17) is 26.9 Å². The SMILES string of the molecule is CCOc1c(C(C)n2nc(C(O)CO)c3c(N)ncnc32)cc(Cl)c(F)c1C1CN(OC(=O)C(C)(C)C)C1. The summed E-state index contributed by atoms with van der Waals surface area (Å²) in [5.41, 5.74) is 6.64. The summed E-state index contributed by atoms with van der Waals surface area (Å²) >= 11 is 6.37. The second-order valence-corrected chi connectivity index (χ2v) is 10.7. The van der Waals surface area contributed by atoms with Gasteiger partial charge in [-0.25, -0.2) is 23.8 Å². The fourth-order valence-corrected chi connectivity index (χ4v) is 4.54. The molecular formula is C25H32ClFN6O5. The van der Waals surface area contributed by atoms with Gasteiger partial charge in [0.25, 0.3) is 0 Å². The van der Waals surface area contributed by atoms with Crippen LogP contribution < -0.4 is 10.5 Å². The summed E-state index contributed by atoms with van der Waals surface area (Å²) in [6, 6.07) is 0.881. The number of nitrogens with zero attached hydrogens (tertiary/aromatic N) is 5. The highest BCUT2D eigenvalue weighted by Crippen LogP contribution is 2.44. The molecule has 4 N–H and O–H groups in total. The molecule has 206 valence electrons. The zero-order valence-corrected chi connectivity index (χ0v) is 22.7. The number of hydrogen-bond acceptors (Lipinski definition) is 10. The number of aromatic nitrogens is 4. The first kappa shape index (κ1) is 28.0. The number of fused-ring (bicyclic) bond motifs is 1. The fraction of sp³-hybridized carbons (Fsp3) is 0.520. The maximum absolute atomic E-state index is 15.5. The van der Waals surface area contributed by atoms with Crippen LogP contribution in [-0.2, 0) is 9.63 Å². The van der Waals surface area contributed by atoms with Gasteiger partial charge >= 0.3 is 5.97 Å². The second-order valence-electron chi connectivity index (χ2n) is 10.3. The third-order valence-corrected chi connectivity index (χ3v) is 6.73. The summed E-state index contributed by atoms with van der Waals surface area (Å²) in [5, 5.41) is 26.1. The lowest BCUT2D eigenvalue weighted by atomic mass is 9.89. The normalized spacial score (nSPS) is 16.3. The lowest BCUT2D eigenvalue weighted by Gasteiger charge is -2.39. The van der Waals surface area contributed by atoms with Crippen LogP contribution in [0.5, 0.6) is 5.75 Å². The van der Waals surface area contributed by atoms with E-state index in [9.17, 15) is 15.0 Å². The Hall–Kier alpha value is -3.06. The highest BCUT2D eigenvalue weighted by molar-refractivity contribution is 6.31. The summed E-state index contributed by atoms with van der Waals surface area (Å²) in [5.74, 6) is -0.921. The number of rotatable bonds is 8. The lowest BCUT2D eigenvalue weighted by Crippen LogP contribution is -2.48. The molecule has 0 spiro atoms. The Balaban J connectivity index is 1.76. The molecule has 3 aromatic rings. The average Bonchev–Trinajstić information content (AvgIpc) is 3.23. The van der Waals surface area contributed by atoms with Gasteiger partial charge in [-0.2, -0.15) is 5.10 Å². The highest BCUT2D eigenvalue weighted by atomic mass is 35.5. The van der Waals surface area contributed by atoms with Gasteiger partial charge in [-0.1, -0.05) is 11.6 Å². The van der Waals surface area contributed by atoms with Crippen molar-refractivity contribution < 1.29 is 29.0 Å². The smallest absolute Gasteiger partial charge is 0.330 e. The van der Waals surface area contributed by atoms with E-state index in [1.807, 2.05) is 0 Å². The maximum Gasteiger partial charge on any atom is 0.330 e. The zero-order chi connectivity index (χ0) is 27.9. The number of carbonyl (C=O) groups is 1. The molecule has 2 atom stereocenters. The maximum atomic E-state index is 15.5. The number of ether oxygens (including phenoxy) is 1. The monoisotopic (exact) mass is 550 g/mol. The van der Waals surface area contributed by atoms with Crippen LogP contribution in [0.4, 0.5) is 10.2 Å². The van der Waals surface area contributed by atoms with Crippen molar-refractivity contribution in [2.24, 2.45) is 5.41 Å². The highest BCUT2D eigenvalue weighted by Gasteiger charge is 2.39. The summed E-state index contributed by atoms with van der Waals surface area (Å²) in [6.45, 7) is 9.08. The number of halogens is 2. The molecule has 4 rings (SSSR count). The summed E-state index contributed by atoms with van der Waals surface area (Å²) in [4.78, 5) is 26.0. The van der Waals surface area contributed by atoms with Gasteiger partial charge in [0.05, 0.1) is 35.1 Å². The van der Waals surface area contributed by atoms with E-state index in [-0.39, 0.29) is 53.7 Å². The van der Waals surface area contributed by atoms with Crippen molar-refractivity contribution in [3.8, 4) is 5.75 Å². The quantitative estimate of drug-likeness (QED) is 0.382. The van der Waals surface area contributed by atoms with Gasteiger partial charge in [0.15, 0.2) is 5.65 Å². The van der Waals surface area contributed by atoms with Gasteiger partial charge in [-0.05, 0) is 40.7 Å². The Bertz CT molecular complexity index is 1350. The largest absolute Gasteiger partial charge is 0.493 e. The minimum atomic E-state index is -1.31. The van der Waals surface area contributed by atoms with E-state index in [2.05, 4.69) is 15.1 Å². The van der Waals surface area contributed by atoms with E-state index in [0.29, 0.717) is 22.3 Å². The molecule has 1 aliphatic heterocycles. The molecule has 0 bridgehead atoms. The first-order valence-electron chi connectivity index (χ1n) is 12.3. The van der Waals surface area contributed by atoms with Crippen molar-refractivity contribution in [3.05, 3.63) is 40.1 Å². The molecule has 13 heteroatoms. The van der Waals surface area contributed by atoms with Gasteiger partial charge in [0.1, 0.15) is 35.5 Å². The Labute approximate surface area is 224 Å².